The maximum Gasteiger partial charge on any atom is 0.111 e. The van der Waals surface area contributed by atoms with Crippen molar-refractivity contribution in [2.24, 2.45) is 5.92 Å². The summed E-state index contributed by atoms with van der Waals surface area (Å²) < 4.78 is 2.50. The van der Waals surface area contributed by atoms with Crippen LogP contribution in [0.4, 0.5) is 0 Å². The predicted molar refractivity (Wildman–Crippen MR) is 69.1 cm³/mol. The molecule has 94 valence electrons. The molecule has 1 aliphatic carbocycles. The summed E-state index contributed by atoms with van der Waals surface area (Å²) in [6, 6.07) is 0. The molecule has 3 nitrogen and oxygen atoms in total. The second-order valence-corrected chi connectivity index (χ2v) is 5.69. The highest BCUT2D eigenvalue weighted by Crippen LogP contribution is 2.36. The van der Waals surface area contributed by atoms with Crippen molar-refractivity contribution in [2.75, 3.05) is 13.1 Å². The lowest BCUT2D eigenvalue weighted by Crippen LogP contribution is -2.30. The monoisotopic (exact) mass is 233 g/mol. The van der Waals surface area contributed by atoms with Crippen LogP contribution in [-0.2, 0) is 6.54 Å². The van der Waals surface area contributed by atoms with Gasteiger partial charge in [-0.05, 0) is 51.6 Å². The third-order valence-electron chi connectivity index (χ3n) is 4.46. The van der Waals surface area contributed by atoms with Gasteiger partial charge in [0, 0.05) is 24.4 Å². The zero-order chi connectivity index (χ0) is 11.7. The van der Waals surface area contributed by atoms with Crippen LogP contribution >= 0.6 is 0 Å². The van der Waals surface area contributed by atoms with Gasteiger partial charge < -0.3 is 9.88 Å². The first-order valence-corrected chi connectivity index (χ1v) is 7.07. The fourth-order valence-electron chi connectivity index (χ4n) is 3.03. The number of hydrogen-bond donors (Lipinski definition) is 1. The van der Waals surface area contributed by atoms with Crippen molar-refractivity contribution >= 4 is 0 Å². The highest BCUT2D eigenvalue weighted by Gasteiger charge is 2.26. The van der Waals surface area contributed by atoms with Crippen LogP contribution in [0.15, 0.2) is 6.20 Å². The maximum atomic E-state index is 4.65. The van der Waals surface area contributed by atoms with Crippen molar-refractivity contribution in [1.82, 2.24) is 14.9 Å². The van der Waals surface area contributed by atoms with Crippen LogP contribution in [0.5, 0.6) is 0 Å². The van der Waals surface area contributed by atoms with Gasteiger partial charge in [0.05, 0.1) is 0 Å². The van der Waals surface area contributed by atoms with Gasteiger partial charge in [0.25, 0.3) is 0 Å². The third-order valence-corrected chi connectivity index (χ3v) is 4.46. The Morgan fingerprint density at radius 1 is 1.29 bits per heavy atom. The highest BCUT2D eigenvalue weighted by atomic mass is 15.1. The number of piperidine rings is 1. The number of hydrogen-bond acceptors (Lipinski definition) is 2. The largest absolute Gasteiger partial charge is 0.332 e. The minimum Gasteiger partial charge on any atom is -0.332 e. The van der Waals surface area contributed by atoms with Crippen molar-refractivity contribution in [3.63, 3.8) is 0 Å². The first-order chi connectivity index (χ1) is 8.34. The Balaban J connectivity index is 1.73. The van der Waals surface area contributed by atoms with E-state index in [0.717, 1.165) is 11.8 Å². The van der Waals surface area contributed by atoms with Crippen molar-refractivity contribution in [1.29, 1.82) is 0 Å². The van der Waals surface area contributed by atoms with Gasteiger partial charge in [0.1, 0.15) is 5.82 Å². The number of aryl methyl sites for hydroxylation is 1. The van der Waals surface area contributed by atoms with Gasteiger partial charge in [-0.15, -0.1) is 0 Å². The molecular weight excluding hydrogens is 210 g/mol. The summed E-state index contributed by atoms with van der Waals surface area (Å²) in [4.78, 5) is 4.65. The second kappa shape index (κ2) is 4.81. The molecule has 1 saturated carbocycles. The van der Waals surface area contributed by atoms with Crippen molar-refractivity contribution < 1.29 is 0 Å². The van der Waals surface area contributed by atoms with Gasteiger partial charge in [-0.3, -0.25) is 0 Å². The van der Waals surface area contributed by atoms with Crippen LogP contribution in [0.2, 0.25) is 0 Å². The molecule has 1 aromatic rings. The smallest absolute Gasteiger partial charge is 0.111 e. The summed E-state index contributed by atoms with van der Waals surface area (Å²) in [5.41, 5.74) is 1.35. The van der Waals surface area contributed by atoms with Crippen molar-refractivity contribution in [3.8, 4) is 0 Å². The summed E-state index contributed by atoms with van der Waals surface area (Å²) >= 11 is 0. The number of nitrogens with zero attached hydrogens (tertiary/aromatic N) is 2. The summed E-state index contributed by atoms with van der Waals surface area (Å²) in [7, 11) is 0. The molecule has 2 aliphatic rings. The minimum absolute atomic E-state index is 0.755. The summed E-state index contributed by atoms with van der Waals surface area (Å²) in [6.07, 6.45) is 8.80. The molecule has 0 unspecified atom stereocenters. The molecule has 2 fully saturated rings. The summed E-state index contributed by atoms with van der Waals surface area (Å²) in [5, 5.41) is 3.44. The van der Waals surface area contributed by atoms with E-state index < -0.39 is 0 Å². The zero-order valence-corrected chi connectivity index (χ0v) is 10.8. The first kappa shape index (κ1) is 11.3. The van der Waals surface area contributed by atoms with E-state index in [1.807, 2.05) is 0 Å². The number of aromatic nitrogens is 2. The molecule has 2 heterocycles. The zero-order valence-electron chi connectivity index (χ0n) is 10.8. The SMILES string of the molecule is Cc1cnc(C2CCC2)n1CC1CCNCC1. The van der Waals surface area contributed by atoms with E-state index in [4.69, 9.17) is 0 Å². The molecule has 3 heteroatoms. The van der Waals surface area contributed by atoms with E-state index in [1.165, 1.54) is 63.3 Å². The molecule has 1 aromatic heterocycles. The summed E-state index contributed by atoms with van der Waals surface area (Å²) in [5.74, 6) is 2.97. The molecule has 1 saturated heterocycles. The number of rotatable bonds is 3. The normalized spacial score (nSPS) is 22.6. The lowest BCUT2D eigenvalue weighted by molar-refractivity contribution is 0.313. The Kier molecular flexibility index (Phi) is 3.19. The van der Waals surface area contributed by atoms with Gasteiger partial charge in [-0.2, -0.15) is 0 Å². The Bertz CT molecular complexity index is 373. The van der Waals surface area contributed by atoms with E-state index in [1.54, 1.807) is 0 Å². The molecule has 17 heavy (non-hydrogen) atoms. The molecule has 1 aliphatic heterocycles. The van der Waals surface area contributed by atoms with Crippen molar-refractivity contribution in [2.45, 2.75) is 51.5 Å². The van der Waals surface area contributed by atoms with Gasteiger partial charge in [-0.1, -0.05) is 6.42 Å². The average Bonchev–Trinajstić information content (AvgIpc) is 2.61. The highest BCUT2D eigenvalue weighted by molar-refractivity contribution is 5.10. The molecule has 3 rings (SSSR count). The molecule has 0 bridgehead atoms. The molecule has 0 atom stereocenters. The Morgan fingerprint density at radius 2 is 2.06 bits per heavy atom. The molecule has 0 spiro atoms. The van der Waals surface area contributed by atoms with Crippen LogP contribution in [0.1, 0.15) is 49.5 Å². The van der Waals surface area contributed by atoms with Crippen LogP contribution in [0.3, 0.4) is 0 Å². The first-order valence-electron chi connectivity index (χ1n) is 7.07. The minimum atomic E-state index is 0.755. The molecular formula is C14H23N3. The van der Waals surface area contributed by atoms with E-state index in [-0.39, 0.29) is 0 Å². The lowest BCUT2D eigenvalue weighted by Gasteiger charge is -2.29. The van der Waals surface area contributed by atoms with Crippen LogP contribution < -0.4 is 5.32 Å². The predicted octanol–water partition coefficient (Wildman–Crippen LogP) is 2.46. The molecule has 0 radical (unpaired) electrons. The van der Waals surface area contributed by atoms with E-state index >= 15 is 0 Å². The molecule has 0 aromatic carbocycles. The van der Waals surface area contributed by atoms with E-state index in [0.29, 0.717) is 0 Å². The molecule has 0 amide bonds. The maximum absolute atomic E-state index is 4.65. The number of nitrogens with one attached hydrogen (secondary N) is 1. The fourth-order valence-corrected chi connectivity index (χ4v) is 3.03. The fraction of sp³-hybridized carbons (Fsp3) is 0.786. The van der Waals surface area contributed by atoms with Gasteiger partial charge in [0.2, 0.25) is 0 Å². The quantitative estimate of drug-likeness (QED) is 0.869. The number of imidazole rings is 1. The average molecular weight is 233 g/mol. The van der Waals surface area contributed by atoms with Gasteiger partial charge >= 0.3 is 0 Å². The Hall–Kier alpha value is -0.830. The van der Waals surface area contributed by atoms with Crippen molar-refractivity contribution in [3.05, 3.63) is 17.7 Å². The third kappa shape index (κ3) is 2.25. The van der Waals surface area contributed by atoms with Crippen LogP contribution in [-0.4, -0.2) is 22.6 Å². The van der Waals surface area contributed by atoms with Gasteiger partial charge in [-0.25, -0.2) is 4.98 Å². The molecule has 1 N–H and O–H groups in total. The van der Waals surface area contributed by atoms with Gasteiger partial charge in [0.15, 0.2) is 0 Å². The van der Waals surface area contributed by atoms with E-state index in [2.05, 4.69) is 28.0 Å². The lowest BCUT2D eigenvalue weighted by atomic mass is 9.84. The summed E-state index contributed by atoms with van der Waals surface area (Å²) in [6.45, 7) is 5.78. The van der Waals surface area contributed by atoms with Crippen LogP contribution in [0, 0.1) is 12.8 Å². The Morgan fingerprint density at radius 3 is 2.71 bits per heavy atom. The standard InChI is InChI=1S/C14H23N3/c1-11-9-16-14(13-3-2-4-13)17(11)10-12-5-7-15-8-6-12/h9,12-13,15H,2-8,10H2,1H3. The second-order valence-electron chi connectivity index (χ2n) is 5.69. The topological polar surface area (TPSA) is 29.9 Å². The Labute approximate surface area is 104 Å². The van der Waals surface area contributed by atoms with E-state index in [9.17, 15) is 0 Å². The van der Waals surface area contributed by atoms with Crippen LogP contribution in [0.25, 0.3) is 0 Å².